The van der Waals surface area contributed by atoms with E-state index in [1.165, 1.54) is 41.7 Å². The van der Waals surface area contributed by atoms with Gasteiger partial charge in [-0.3, -0.25) is 4.79 Å². The highest BCUT2D eigenvalue weighted by atomic mass is 32.1. The first-order valence-corrected chi connectivity index (χ1v) is 11.6. The Hall–Kier alpha value is -1.79. The number of nitrogens with zero attached hydrogens (tertiary/aromatic N) is 1. The first-order chi connectivity index (χ1) is 13.6. The molecule has 0 spiro atoms. The van der Waals surface area contributed by atoms with Crippen molar-refractivity contribution in [1.29, 1.82) is 0 Å². The molecule has 0 bridgehead atoms. The Kier molecular flexibility index (Phi) is 7.57. The van der Waals surface area contributed by atoms with Crippen molar-refractivity contribution in [1.82, 2.24) is 10.3 Å². The molecule has 2 N–H and O–H groups in total. The van der Waals surface area contributed by atoms with Gasteiger partial charge in [0, 0.05) is 16.9 Å². The number of hydrogen-bond acceptors (Lipinski definition) is 4. The van der Waals surface area contributed by atoms with Gasteiger partial charge in [-0.1, -0.05) is 38.8 Å². The number of carbonyl (C=O) groups excluding carboxylic acids is 1. The van der Waals surface area contributed by atoms with Crippen molar-refractivity contribution in [2.75, 3.05) is 5.32 Å². The minimum Gasteiger partial charge on any atom is -0.308 e. The van der Waals surface area contributed by atoms with Gasteiger partial charge in [-0.05, 0) is 67.9 Å². The summed E-state index contributed by atoms with van der Waals surface area (Å²) in [6.07, 6.45) is 8.79. The number of thiazole rings is 1. The number of unbranched alkanes of at least 4 members (excludes halogenated alkanes) is 1. The molecule has 3 rings (SSSR count). The molecule has 1 aliphatic carbocycles. The van der Waals surface area contributed by atoms with Crippen LogP contribution in [-0.2, 0) is 17.6 Å². The maximum Gasteiger partial charge on any atom is 0.229 e. The summed E-state index contributed by atoms with van der Waals surface area (Å²) in [5, 5.41) is 8.96. The van der Waals surface area contributed by atoms with E-state index in [9.17, 15) is 4.79 Å². The maximum absolute atomic E-state index is 12.4. The third kappa shape index (κ3) is 5.39. The van der Waals surface area contributed by atoms with Gasteiger partial charge < -0.3 is 10.6 Å². The predicted molar refractivity (Wildman–Crippen MR) is 122 cm³/mol. The monoisotopic (exact) mass is 415 g/mol. The van der Waals surface area contributed by atoms with Crippen molar-refractivity contribution in [3.8, 4) is 11.3 Å². The van der Waals surface area contributed by atoms with E-state index < -0.39 is 0 Å². The van der Waals surface area contributed by atoms with Gasteiger partial charge in [-0.15, -0.1) is 11.3 Å². The Morgan fingerprint density at radius 3 is 2.79 bits per heavy atom. The lowest BCUT2D eigenvalue weighted by Crippen LogP contribution is -2.38. The number of fused-ring (bicyclic) bond motifs is 1. The molecule has 1 unspecified atom stereocenters. The second-order valence-electron chi connectivity index (χ2n) is 7.42. The van der Waals surface area contributed by atoms with E-state index in [2.05, 4.69) is 40.7 Å². The van der Waals surface area contributed by atoms with Crippen LogP contribution in [0, 0.1) is 5.92 Å². The predicted octanol–water partition coefficient (Wildman–Crippen LogP) is 5.72. The van der Waals surface area contributed by atoms with Crippen LogP contribution >= 0.6 is 23.6 Å². The summed E-state index contributed by atoms with van der Waals surface area (Å²) in [5.41, 5.74) is 5.02. The van der Waals surface area contributed by atoms with Crippen LogP contribution in [0.25, 0.3) is 11.3 Å². The zero-order valence-electron chi connectivity index (χ0n) is 16.7. The van der Waals surface area contributed by atoms with Gasteiger partial charge in [0.25, 0.3) is 0 Å². The summed E-state index contributed by atoms with van der Waals surface area (Å²) in [6.45, 7) is 4.18. The highest BCUT2D eigenvalue weighted by Crippen LogP contribution is 2.29. The first-order valence-electron chi connectivity index (χ1n) is 10.3. The minimum absolute atomic E-state index is 0.0000770. The maximum atomic E-state index is 12.4. The zero-order chi connectivity index (χ0) is 19.9. The molecule has 4 nitrogen and oxygen atoms in total. The molecule has 1 aromatic carbocycles. The standard InChI is InChI=1S/C22H29N3OS2/c1-3-5-8-15(4-2)20(26)24-21(27)25-22-23-19(14-28-22)18-12-11-16-9-6-7-10-17(16)13-18/h11-15H,3-10H2,1-2H3,(H2,23,24,25,26,27). The van der Waals surface area contributed by atoms with E-state index >= 15 is 0 Å². The van der Waals surface area contributed by atoms with Gasteiger partial charge in [-0.2, -0.15) is 0 Å². The molecule has 2 aromatic rings. The van der Waals surface area contributed by atoms with Crippen molar-refractivity contribution in [3.05, 3.63) is 34.7 Å². The molecular weight excluding hydrogens is 386 g/mol. The molecule has 0 saturated heterocycles. The third-order valence-electron chi connectivity index (χ3n) is 5.38. The van der Waals surface area contributed by atoms with Gasteiger partial charge in [-0.25, -0.2) is 4.98 Å². The van der Waals surface area contributed by atoms with E-state index in [0.717, 1.165) is 43.4 Å². The van der Waals surface area contributed by atoms with E-state index in [-0.39, 0.29) is 11.8 Å². The summed E-state index contributed by atoms with van der Waals surface area (Å²) in [5.74, 6) is 0.0157. The van der Waals surface area contributed by atoms with Crippen LogP contribution in [0.15, 0.2) is 23.6 Å². The Balaban J connectivity index is 1.59. The van der Waals surface area contributed by atoms with Crippen LogP contribution in [0.5, 0.6) is 0 Å². The van der Waals surface area contributed by atoms with E-state index in [1.54, 1.807) is 0 Å². The molecule has 1 heterocycles. The Morgan fingerprint density at radius 2 is 2.04 bits per heavy atom. The third-order valence-corrected chi connectivity index (χ3v) is 6.34. The highest BCUT2D eigenvalue weighted by Gasteiger charge is 2.17. The van der Waals surface area contributed by atoms with Crippen LogP contribution in [0.1, 0.15) is 63.5 Å². The number of rotatable bonds is 7. The Morgan fingerprint density at radius 1 is 1.25 bits per heavy atom. The van der Waals surface area contributed by atoms with Crippen LogP contribution < -0.4 is 10.6 Å². The van der Waals surface area contributed by atoms with E-state index in [1.807, 2.05) is 12.3 Å². The molecule has 0 aliphatic heterocycles. The average molecular weight is 416 g/mol. The second-order valence-corrected chi connectivity index (χ2v) is 8.69. The Bertz CT molecular complexity index is 831. The minimum atomic E-state index is -0.0000770. The SMILES string of the molecule is CCCCC(CC)C(=O)NC(=S)Nc1nc(-c2ccc3c(c2)CCCC3)cs1. The molecule has 6 heteroatoms. The topological polar surface area (TPSA) is 54.0 Å². The molecule has 0 fully saturated rings. The molecule has 1 atom stereocenters. The largest absolute Gasteiger partial charge is 0.308 e. The van der Waals surface area contributed by atoms with Crippen LogP contribution in [-0.4, -0.2) is 16.0 Å². The van der Waals surface area contributed by atoms with Crippen molar-refractivity contribution in [2.45, 2.75) is 65.2 Å². The fourth-order valence-corrected chi connectivity index (χ4v) is 4.66. The number of amides is 1. The fraction of sp³-hybridized carbons (Fsp3) is 0.500. The van der Waals surface area contributed by atoms with Gasteiger partial charge in [0.15, 0.2) is 10.2 Å². The summed E-state index contributed by atoms with van der Waals surface area (Å²) < 4.78 is 0. The quantitative estimate of drug-likeness (QED) is 0.568. The van der Waals surface area contributed by atoms with Crippen molar-refractivity contribution < 1.29 is 4.79 Å². The number of nitrogens with one attached hydrogen (secondary N) is 2. The summed E-state index contributed by atoms with van der Waals surface area (Å²) >= 11 is 6.83. The molecule has 1 amide bonds. The number of carbonyl (C=O) groups is 1. The Labute approximate surface area is 177 Å². The van der Waals surface area contributed by atoms with Crippen molar-refractivity contribution >= 4 is 39.7 Å². The van der Waals surface area contributed by atoms with Crippen molar-refractivity contribution in [2.24, 2.45) is 5.92 Å². The molecule has 28 heavy (non-hydrogen) atoms. The van der Waals surface area contributed by atoms with Gasteiger partial charge in [0.1, 0.15) is 0 Å². The zero-order valence-corrected chi connectivity index (χ0v) is 18.3. The number of thiocarbonyl (C=S) groups is 1. The molecule has 150 valence electrons. The fourth-order valence-electron chi connectivity index (χ4n) is 3.67. The molecule has 1 aliphatic rings. The normalized spacial score (nSPS) is 14.2. The second kappa shape index (κ2) is 10.1. The van der Waals surface area contributed by atoms with Gasteiger partial charge in [0.2, 0.25) is 5.91 Å². The molecule has 1 aromatic heterocycles. The summed E-state index contributed by atoms with van der Waals surface area (Å²) in [6, 6.07) is 6.66. The van der Waals surface area contributed by atoms with Crippen LogP contribution in [0.3, 0.4) is 0 Å². The highest BCUT2D eigenvalue weighted by molar-refractivity contribution is 7.80. The van der Waals surface area contributed by atoms with Crippen LogP contribution in [0.2, 0.25) is 0 Å². The average Bonchev–Trinajstić information content (AvgIpc) is 3.16. The van der Waals surface area contributed by atoms with Crippen molar-refractivity contribution in [3.63, 3.8) is 0 Å². The van der Waals surface area contributed by atoms with E-state index in [4.69, 9.17) is 12.2 Å². The first kappa shape index (κ1) is 20.9. The number of hydrogen-bond donors (Lipinski definition) is 2. The number of aryl methyl sites for hydroxylation is 2. The van der Waals surface area contributed by atoms with Gasteiger partial charge in [0.05, 0.1) is 5.69 Å². The number of aromatic nitrogens is 1. The number of benzene rings is 1. The molecule has 0 radical (unpaired) electrons. The smallest absolute Gasteiger partial charge is 0.229 e. The lowest BCUT2D eigenvalue weighted by Gasteiger charge is -2.16. The van der Waals surface area contributed by atoms with E-state index in [0.29, 0.717) is 10.2 Å². The number of anilines is 1. The lowest BCUT2D eigenvalue weighted by molar-refractivity contribution is -0.123. The lowest BCUT2D eigenvalue weighted by atomic mass is 9.90. The molecule has 0 saturated carbocycles. The summed E-state index contributed by atoms with van der Waals surface area (Å²) in [4.78, 5) is 17.0. The molecular formula is C22H29N3OS2. The summed E-state index contributed by atoms with van der Waals surface area (Å²) in [7, 11) is 0. The van der Waals surface area contributed by atoms with Crippen LogP contribution in [0.4, 0.5) is 5.13 Å². The van der Waals surface area contributed by atoms with Gasteiger partial charge >= 0.3 is 0 Å².